The van der Waals surface area contributed by atoms with Crippen molar-refractivity contribution in [3.05, 3.63) is 65.2 Å². The Morgan fingerprint density at radius 3 is 1.72 bits per heavy atom. The summed E-state index contributed by atoms with van der Waals surface area (Å²) >= 11 is 0. The van der Waals surface area contributed by atoms with E-state index in [1.54, 1.807) is 86.6 Å². The average Bonchev–Trinajstić information content (AvgIpc) is 1.20. The molecular weight excluding hydrogens is 1160 g/mol. The maximum atomic E-state index is 15.4. The van der Waals surface area contributed by atoms with Crippen LogP contribution in [0.5, 0.6) is 5.75 Å². The molecule has 2 aliphatic heterocycles. The highest BCUT2D eigenvalue weighted by atomic mass is 16.6. The summed E-state index contributed by atoms with van der Waals surface area (Å²) in [4.78, 5) is 180. The highest BCUT2D eigenvalue weighted by molar-refractivity contribution is 6.03. The van der Waals surface area contributed by atoms with Crippen molar-refractivity contribution >= 4 is 71.1 Å². The molecule has 4 rings (SSSR count). The van der Waals surface area contributed by atoms with Gasteiger partial charge in [-0.25, -0.2) is 14.4 Å². The van der Waals surface area contributed by atoms with Crippen molar-refractivity contribution in [3.8, 4) is 5.75 Å². The third-order valence-electron chi connectivity index (χ3n) is 17.5. The number of piperidine rings is 1. The Morgan fingerprint density at radius 2 is 1.17 bits per heavy atom. The lowest BCUT2D eigenvalue weighted by Gasteiger charge is -2.41. The monoisotopic (exact) mass is 1260 g/mol. The van der Waals surface area contributed by atoms with E-state index in [2.05, 4.69) is 16.0 Å². The summed E-state index contributed by atoms with van der Waals surface area (Å²) in [7, 11) is 8.38. The van der Waals surface area contributed by atoms with Crippen molar-refractivity contribution < 1.29 is 76.9 Å². The maximum absolute atomic E-state index is 15.4. The summed E-state index contributed by atoms with van der Waals surface area (Å²) in [5, 5.41) is 18.1. The first-order valence-corrected chi connectivity index (χ1v) is 31.1. The molecule has 0 bridgehead atoms. The second-order valence-electron chi connectivity index (χ2n) is 24.8. The van der Waals surface area contributed by atoms with Crippen LogP contribution >= 0.6 is 0 Å². The summed E-state index contributed by atoms with van der Waals surface area (Å²) in [6, 6.07) is 1.63. The number of esters is 2. The lowest BCUT2D eigenvalue weighted by atomic mass is 9.92. The van der Waals surface area contributed by atoms with E-state index in [9.17, 15) is 48.3 Å². The van der Waals surface area contributed by atoms with Crippen LogP contribution in [0.3, 0.4) is 0 Å². The van der Waals surface area contributed by atoms with Crippen LogP contribution in [-0.4, -0.2) is 222 Å². The Morgan fingerprint density at radius 1 is 0.622 bits per heavy atom. The molecule has 2 aliphatic rings. The first kappa shape index (κ1) is 74.3. The standard InChI is InChI=1S/C65H97N9O16/c1-18-39(9)53-55(76)66-35-49(75)70(13)51(37(5)6)56(77)67-46(34-42-27-29-43(88-17)30-28-42)65(87)90-41(11)58(79)74-32-23-22-26-48(74)60(81)71(14)52(38(7)8)57(78)68-50(36(3)4)61(82)69(12)47(59(80)73(16)54(40(10)19-2)62(83)72(53)15)31-33-89-64(86)45-25-21-20-24-44(45)63(84)85/h20-21,24-25,27-30,36-41,46-48,50-54H,18-19,22-23,26,31-35H2,1-17H3,(H,66,76)(H,67,77)(H,68,78)(H,84,85)/t39?,40?,41-,46+,47+,48+,50+,51+,52+,53+,54+/m1/s1. The van der Waals surface area contributed by atoms with E-state index >= 15 is 14.4 Å². The second kappa shape index (κ2) is 33.6. The molecule has 0 saturated carbocycles. The number of likely N-dealkylation sites (N-methyl/N-ethyl adjacent to an activating group) is 5. The van der Waals surface area contributed by atoms with Crippen LogP contribution in [0, 0.1) is 29.6 Å². The van der Waals surface area contributed by atoms with E-state index in [1.165, 1.54) is 93.1 Å². The van der Waals surface area contributed by atoms with Crippen LogP contribution in [0.4, 0.5) is 0 Å². The molecule has 9 amide bonds. The zero-order valence-electron chi connectivity index (χ0n) is 55.5. The molecule has 2 saturated heterocycles. The highest BCUT2D eigenvalue weighted by Crippen LogP contribution is 2.27. The average molecular weight is 1260 g/mol. The number of methoxy groups -OCH3 is 1. The predicted molar refractivity (Wildman–Crippen MR) is 333 cm³/mol. The molecule has 2 fully saturated rings. The van der Waals surface area contributed by atoms with Gasteiger partial charge in [0.05, 0.1) is 31.4 Å². The molecule has 0 spiro atoms. The van der Waals surface area contributed by atoms with Gasteiger partial charge in [-0.3, -0.25) is 43.2 Å². The van der Waals surface area contributed by atoms with E-state index < -0.39 is 175 Å². The number of nitrogens with one attached hydrogen (secondary N) is 3. The summed E-state index contributed by atoms with van der Waals surface area (Å²) in [5.41, 5.74) is -0.0377. The SMILES string of the molecule is CCC(C)[C@H]1C(=O)NCC(=O)N(C)[C@@H](C(C)C)C(=O)N[C@@H](Cc2ccc(OC)cc2)C(=O)O[C@H](C)C(=O)N2CCCC[C@H]2C(=O)N(C)[C@@H](C(C)C)C(=O)N[C@@H](C(C)C)C(=O)N(C)[C@@H](CCOC(=O)c2ccccc2C(=O)O)C(=O)N(C)[C@@H](C(C)CC)C(=O)N1C. The Hall–Kier alpha value is -8.12. The molecule has 90 heavy (non-hydrogen) atoms. The zero-order valence-corrected chi connectivity index (χ0v) is 55.5. The van der Waals surface area contributed by atoms with Crippen LogP contribution in [0.15, 0.2) is 48.5 Å². The van der Waals surface area contributed by atoms with Gasteiger partial charge < -0.3 is 64.7 Å². The van der Waals surface area contributed by atoms with Crippen LogP contribution in [-0.2, 0) is 63.8 Å². The largest absolute Gasteiger partial charge is 0.497 e. The fraction of sp³-hybridized carbons (Fsp3) is 0.631. The van der Waals surface area contributed by atoms with Crippen LogP contribution < -0.4 is 20.7 Å². The van der Waals surface area contributed by atoms with Gasteiger partial charge in [-0.15, -0.1) is 0 Å². The zero-order chi connectivity index (χ0) is 67.8. The second-order valence-corrected chi connectivity index (χ2v) is 24.8. The van der Waals surface area contributed by atoms with Crippen LogP contribution in [0.2, 0.25) is 0 Å². The van der Waals surface area contributed by atoms with Gasteiger partial charge in [0, 0.05) is 54.6 Å². The number of fused-ring (bicyclic) bond motifs is 1. The van der Waals surface area contributed by atoms with E-state index in [0.29, 0.717) is 37.0 Å². The van der Waals surface area contributed by atoms with E-state index in [-0.39, 0.29) is 30.5 Å². The van der Waals surface area contributed by atoms with Gasteiger partial charge in [0.2, 0.25) is 47.3 Å². The Balaban J connectivity index is 1.90. The summed E-state index contributed by atoms with van der Waals surface area (Å²) < 4.78 is 16.8. The number of carbonyl (C=O) groups excluding carboxylic acids is 11. The van der Waals surface area contributed by atoms with Gasteiger partial charge in [0.25, 0.3) is 5.91 Å². The molecular formula is C65H97N9O16. The Kier molecular flexibility index (Phi) is 27.8. The molecule has 25 nitrogen and oxygen atoms in total. The van der Waals surface area contributed by atoms with Crippen molar-refractivity contribution in [3.63, 3.8) is 0 Å². The lowest BCUT2D eigenvalue weighted by Crippen LogP contribution is -2.63. The first-order chi connectivity index (χ1) is 42.3. The van der Waals surface area contributed by atoms with E-state index in [4.69, 9.17) is 14.2 Å². The van der Waals surface area contributed by atoms with Gasteiger partial charge in [-0.2, -0.15) is 0 Å². The fourth-order valence-electron chi connectivity index (χ4n) is 11.8. The normalized spacial score (nSPS) is 25.0. The van der Waals surface area contributed by atoms with Gasteiger partial charge in [0.15, 0.2) is 6.10 Å². The highest BCUT2D eigenvalue weighted by Gasteiger charge is 2.46. The number of carboxylic acid groups (broad SMARTS) is 1. The molecule has 25 heteroatoms. The summed E-state index contributed by atoms with van der Waals surface area (Å²) in [6.45, 7) is 17.5. The number of carbonyl (C=O) groups is 12. The molecule has 2 heterocycles. The number of rotatable bonds is 15. The van der Waals surface area contributed by atoms with Gasteiger partial charge in [-0.1, -0.05) is 106 Å². The number of hydrogen-bond donors (Lipinski definition) is 4. The lowest BCUT2D eigenvalue weighted by molar-refractivity contribution is -0.165. The smallest absolute Gasteiger partial charge is 0.339 e. The maximum Gasteiger partial charge on any atom is 0.339 e. The van der Waals surface area contributed by atoms with Crippen molar-refractivity contribution in [2.45, 2.75) is 176 Å². The molecule has 4 N–H and O–H groups in total. The number of amides is 9. The minimum Gasteiger partial charge on any atom is -0.497 e. The number of benzene rings is 2. The third kappa shape index (κ3) is 18.3. The molecule has 11 atom stereocenters. The van der Waals surface area contributed by atoms with Crippen molar-refractivity contribution in [2.75, 3.05) is 62.0 Å². The molecule has 498 valence electrons. The van der Waals surface area contributed by atoms with Crippen LogP contribution in [0.1, 0.15) is 141 Å². The molecule has 0 aliphatic carbocycles. The first-order valence-electron chi connectivity index (χ1n) is 31.1. The molecule has 2 unspecified atom stereocenters. The fourth-order valence-corrected chi connectivity index (χ4v) is 11.8. The minimum atomic E-state index is -1.53. The van der Waals surface area contributed by atoms with Gasteiger partial charge >= 0.3 is 17.9 Å². The third-order valence-corrected chi connectivity index (χ3v) is 17.5. The molecule has 0 radical (unpaired) electrons. The molecule has 2 aromatic carbocycles. The summed E-state index contributed by atoms with van der Waals surface area (Å²) in [5.74, 6) is -12.4. The van der Waals surface area contributed by atoms with Gasteiger partial charge in [0.1, 0.15) is 54.1 Å². The quantitative estimate of drug-likeness (QED) is 0.184. The number of carboxylic acids is 1. The number of nitrogens with zero attached hydrogens (tertiary/aromatic N) is 6. The molecule has 2 aromatic rings. The summed E-state index contributed by atoms with van der Waals surface area (Å²) in [6.07, 6.45) is -0.107. The number of aromatic carboxylic acids is 1. The Bertz CT molecular complexity index is 2900. The van der Waals surface area contributed by atoms with E-state index in [1.807, 2.05) is 6.92 Å². The Labute approximate surface area is 529 Å². The van der Waals surface area contributed by atoms with Crippen LogP contribution in [0.25, 0.3) is 0 Å². The number of hydrogen-bond acceptors (Lipinski definition) is 15. The predicted octanol–water partition coefficient (Wildman–Crippen LogP) is 3.79. The topological polar surface area (TPSA) is 308 Å². The number of cyclic esters (lactones) is 1. The minimum absolute atomic E-state index is 0.0911. The molecule has 0 aromatic heterocycles. The van der Waals surface area contributed by atoms with Gasteiger partial charge in [-0.05, 0) is 85.6 Å². The van der Waals surface area contributed by atoms with Crippen molar-refractivity contribution in [2.24, 2.45) is 29.6 Å². The van der Waals surface area contributed by atoms with Crippen molar-refractivity contribution in [1.82, 2.24) is 45.3 Å². The number of ether oxygens (including phenoxy) is 3. The van der Waals surface area contributed by atoms with E-state index in [0.717, 1.165) is 9.80 Å². The van der Waals surface area contributed by atoms with Crippen molar-refractivity contribution in [1.29, 1.82) is 0 Å².